The molecular weight excluding hydrogens is 264 g/mol. The van der Waals surface area contributed by atoms with E-state index in [-0.39, 0.29) is 5.91 Å². The van der Waals surface area contributed by atoms with Crippen molar-refractivity contribution >= 4 is 17.3 Å². The first-order valence-corrected chi connectivity index (χ1v) is 7.95. The molecular formula is C16H22N4O. The number of para-hydroxylation sites is 1. The Morgan fingerprint density at radius 3 is 2.76 bits per heavy atom. The van der Waals surface area contributed by atoms with Gasteiger partial charge in [-0.05, 0) is 44.0 Å². The molecule has 1 atom stereocenters. The predicted molar refractivity (Wildman–Crippen MR) is 83.8 cm³/mol. The van der Waals surface area contributed by atoms with Crippen LogP contribution in [0, 0.1) is 5.92 Å². The van der Waals surface area contributed by atoms with Crippen molar-refractivity contribution in [1.29, 1.82) is 0 Å². The van der Waals surface area contributed by atoms with Gasteiger partial charge < -0.3 is 20.9 Å². The second kappa shape index (κ2) is 5.22. The number of rotatable bonds is 2. The molecule has 112 valence electrons. The van der Waals surface area contributed by atoms with Gasteiger partial charge in [0.2, 0.25) is 0 Å². The van der Waals surface area contributed by atoms with Crippen LogP contribution in [0.2, 0.25) is 0 Å². The summed E-state index contributed by atoms with van der Waals surface area (Å²) in [7, 11) is 0. The SMILES string of the molecule is O=C(NC1CN2CCC1CC2)c1cccc2c1NCCN2. The molecule has 1 unspecified atom stereocenters. The summed E-state index contributed by atoms with van der Waals surface area (Å²) in [6.07, 6.45) is 2.44. The lowest BCUT2D eigenvalue weighted by atomic mass is 9.84. The van der Waals surface area contributed by atoms with E-state index in [1.165, 1.54) is 25.9 Å². The van der Waals surface area contributed by atoms with Crippen molar-refractivity contribution < 1.29 is 4.79 Å². The molecule has 0 radical (unpaired) electrons. The van der Waals surface area contributed by atoms with Gasteiger partial charge in [0, 0.05) is 25.7 Å². The number of benzene rings is 1. The predicted octanol–water partition coefficient (Wildman–Crippen LogP) is 1.35. The number of hydrogen-bond donors (Lipinski definition) is 3. The lowest BCUT2D eigenvalue weighted by Gasteiger charge is -2.45. The van der Waals surface area contributed by atoms with Crippen molar-refractivity contribution in [3.8, 4) is 0 Å². The maximum Gasteiger partial charge on any atom is 0.253 e. The molecule has 0 spiro atoms. The number of fused-ring (bicyclic) bond motifs is 4. The molecule has 1 aromatic rings. The van der Waals surface area contributed by atoms with E-state index in [2.05, 4.69) is 20.9 Å². The lowest BCUT2D eigenvalue weighted by Crippen LogP contribution is -2.57. The number of carbonyl (C=O) groups is 1. The first-order valence-electron chi connectivity index (χ1n) is 7.95. The average Bonchev–Trinajstić information content (AvgIpc) is 2.55. The molecule has 1 aromatic carbocycles. The van der Waals surface area contributed by atoms with Crippen molar-refractivity contribution in [3.05, 3.63) is 23.8 Å². The molecule has 5 nitrogen and oxygen atoms in total. The van der Waals surface area contributed by atoms with Crippen LogP contribution in [-0.2, 0) is 0 Å². The molecule has 21 heavy (non-hydrogen) atoms. The van der Waals surface area contributed by atoms with Crippen LogP contribution >= 0.6 is 0 Å². The van der Waals surface area contributed by atoms with E-state index in [9.17, 15) is 4.79 Å². The summed E-state index contributed by atoms with van der Waals surface area (Å²) in [5.74, 6) is 0.714. The highest BCUT2D eigenvalue weighted by Crippen LogP contribution is 2.30. The molecule has 4 aliphatic heterocycles. The Morgan fingerprint density at radius 2 is 2.00 bits per heavy atom. The fraction of sp³-hybridized carbons (Fsp3) is 0.562. The summed E-state index contributed by atoms with van der Waals surface area (Å²) < 4.78 is 0. The third-order valence-electron chi connectivity index (χ3n) is 5.02. The topological polar surface area (TPSA) is 56.4 Å². The Hall–Kier alpha value is -1.75. The van der Waals surface area contributed by atoms with Crippen LogP contribution in [0.1, 0.15) is 23.2 Å². The van der Waals surface area contributed by atoms with Crippen molar-refractivity contribution in [1.82, 2.24) is 10.2 Å². The van der Waals surface area contributed by atoms with Crippen molar-refractivity contribution in [2.75, 3.05) is 43.4 Å². The van der Waals surface area contributed by atoms with Crippen LogP contribution in [0.3, 0.4) is 0 Å². The highest BCUT2D eigenvalue weighted by atomic mass is 16.1. The van der Waals surface area contributed by atoms with Gasteiger partial charge in [0.25, 0.3) is 5.91 Å². The van der Waals surface area contributed by atoms with Crippen LogP contribution in [0.5, 0.6) is 0 Å². The van der Waals surface area contributed by atoms with Gasteiger partial charge in [-0.3, -0.25) is 4.79 Å². The van der Waals surface area contributed by atoms with Crippen molar-refractivity contribution in [2.24, 2.45) is 5.92 Å². The van der Waals surface area contributed by atoms with E-state index in [4.69, 9.17) is 0 Å². The molecule has 5 rings (SSSR count). The van der Waals surface area contributed by atoms with Crippen molar-refractivity contribution in [3.63, 3.8) is 0 Å². The van der Waals surface area contributed by atoms with Crippen LogP contribution in [0.25, 0.3) is 0 Å². The minimum absolute atomic E-state index is 0.0572. The number of anilines is 2. The zero-order chi connectivity index (χ0) is 14.2. The van der Waals surface area contributed by atoms with Crippen LogP contribution < -0.4 is 16.0 Å². The van der Waals surface area contributed by atoms with E-state index in [0.29, 0.717) is 12.0 Å². The molecule has 4 aliphatic rings. The zero-order valence-corrected chi connectivity index (χ0v) is 12.2. The molecule has 2 bridgehead atoms. The molecule has 3 fully saturated rings. The molecule has 3 saturated heterocycles. The first-order chi connectivity index (χ1) is 10.3. The summed E-state index contributed by atoms with van der Waals surface area (Å²) in [6, 6.07) is 6.19. The summed E-state index contributed by atoms with van der Waals surface area (Å²) in [5.41, 5.74) is 2.74. The molecule has 0 aromatic heterocycles. The lowest BCUT2D eigenvalue weighted by molar-refractivity contribution is 0.0621. The highest BCUT2D eigenvalue weighted by Gasteiger charge is 2.35. The van der Waals surface area contributed by atoms with E-state index in [1.807, 2.05) is 18.2 Å². The number of amides is 1. The Labute approximate surface area is 125 Å². The number of nitrogens with one attached hydrogen (secondary N) is 3. The highest BCUT2D eigenvalue weighted by molar-refractivity contribution is 6.03. The van der Waals surface area contributed by atoms with Gasteiger partial charge >= 0.3 is 0 Å². The van der Waals surface area contributed by atoms with Gasteiger partial charge in [-0.25, -0.2) is 0 Å². The van der Waals surface area contributed by atoms with Crippen molar-refractivity contribution in [2.45, 2.75) is 18.9 Å². The molecule has 0 saturated carbocycles. The molecule has 4 heterocycles. The number of nitrogens with zero attached hydrogens (tertiary/aromatic N) is 1. The third-order valence-corrected chi connectivity index (χ3v) is 5.02. The fourth-order valence-corrected chi connectivity index (χ4v) is 3.84. The summed E-state index contributed by atoms with van der Waals surface area (Å²) >= 11 is 0. The molecule has 5 heteroatoms. The van der Waals surface area contributed by atoms with Gasteiger partial charge in [0.15, 0.2) is 0 Å². The number of carbonyl (C=O) groups excluding carboxylic acids is 1. The van der Waals surface area contributed by atoms with Crippen LogP contribution in [0.4, 0.5) is 11.4 Å². The van der Waals surface area contributed by atoms with E-state index >= 15 is 0 Å². The van der Waals surface area contributed by atoms with Gasteiger partial charge in [-0.1, -0.05) is 6.07 Å². The summed E-state index contributed by atoms with van der Waals surface area (Å²) in [5, 5.41) is 9.96. The van der Waals surface area contributed by atoms with E-state index < -0.39 is 0 Å². The minimum Gasteiger partial charge on any atom is -0.382 e. The quantitative estimate of drug-likeness (QED) is 0.768. The second-order valence-corrected chi connectivity index (χ2v) is 6.30. The minimum atomic E-state index is 0.0572. The van der Waals surface area contributed by atoms with Gasteiger partial charge in [0.05, 0.1) is 16.9 Å². The van der Waals surface area contributed by atoms with E-state index in [0.717, 1.165) is 36.6 Å². The van der Waals surface area contributed by atoms with Gasteiger partial charge in [-0.15, -0.1) is 0 Å². The Kier molecular flexibility index (Phi) is 3.22. The van der Waals surface area contributed by atoms with Gasteiger partial charge in [0.1, 0.15) is 0 Å². The summed E-state index contributed by atoms with van der Waals surface area (Å²) in [4.78, 5) is 15.1. The van der Waals surface area contributed by atoms with E-state index in [1.54, 1.807) is 0 Å². The largest absolute Gasteiger partial charge is 0.382 e. The number of piperidine rings is 3. The third kappa shape index (κ3) is 2.35. The average molecular weight is 286 g/mol. The smallest absolute Gasteiger partial charge is 0.253 e. The summed E-state index contributed by atoms with van der Waals surface area (Å²) in [6.45, 7) is 5.17. The maximum absolute atomic E-state index is 12.7. The van der Waals surface area contributed by atoms with Crippen LogP contribution in [0.15, 0.2) is 18.2 Å². The van der Waals surface area contributed by atoms with Crippen LogP contribution in [-0.4, -0.2) is 49.6 Å². The Morgan fingerprint density at radius 1 is 1.19 bits per heavy atom. The Balaban J connectivity index is 1.53. The number of hydrogen-bond acceptors (Lipinski definition) is 4. The molecule has 1 amide bonds. The standard InChI is InChI=1S/C16H22N4O/c21-16(19-14-10-20-8-4-11(14)5-9-20)12-2-1-3-13-15(12)18-7-6-17-13/h1-3,11,14,17-18H,4-10H2,(H,19,21). The Bertz CT molecular complexity index is 551. The fourth-order valence-electron chi connectivity index (χ4n) is 3.84. The normalized spacial score (nSPS) is 30.0. The maximum atomic E-state index is 12.7. The monoisotopic (exact) mass is 286 g/mol. The molecule has 0 aliphatic carbocycles. The second-order valence-electron chi connectivity index (χ2n) is 6.30. The molecule has 3 N–H and O–H groups in total. The van der Waals surface area contributed by atoms with Gasteiger partial charge in [-0.2, -0.15) is 0 Å². The first kappa shape index (κ1) is 13.0. The zero-order valence-electron chi connectivity index (χ0n) is 12.2.